The van der Waals surface area contributed by atoms with Gasteiger partial charge in [0, 0.05) is 19.2 Å². The molecule has 0 radical (unpaired) electrons. The van der Waals surface area contributed by atoms with Gasteiger partial charge >= 0.3 is 5.97 Å². The Bertz CT molecular complexity index is 650. The molecule has 3 aliphatic rings. The van der Waals surface area contributed by atoms with Crippen molar-refractivity contribution in [2.45, 2.75) is 45.1 Å². The maximum absolute atomic E-state index is 11.1. The van der Waals surface area contributed by atoms with Crippen LogP contribution in [0.25, 0.3) is 6.08 Å². The van der Waals surface area contributed by atoms with Crippen molar-refractivity contribution in [1.82, 2.24) is 5.32 Å². The molecule has 4 atom stereocenters. The highest BCUT2D eigenvalue weighted by atomic mass is 16.5. The molecule has 0 amide bonds. The van der Waals surface area contributed by atoms with Crippen LogP contribution in [0.5, 0.6) is 0 Å². The van der Waals surface area contributed by atoms with E-state index in [1.165, 1.54) is 63.8 Å². The van der Waals surface area contributed by atoms with Crippen molar-refractivity contribution < 1.29 is 9.53 Å². The van der Waals surface area contributed by atoms with Gasteiger partial charge in [0.15, 0.2) is 0 Å². The molecular weight excluding hydrogens is 310 g/mol. The van der Waals surface area contributed by atoms with Crippen LogP contribution in [-0.4, -0.2) is 19.6 Å². The maximum atomic E-state index is 11.1. The monoisotopic (exact) mass is 339 g/mol. The lowest BCUT2D eigenvalue weighted by Gasteiger charge is -2.45. The highest BCUT2D eigenvalue weighted by Crippen LogP contribution is 2.62. The van der Waals surface area contributed by atoms with Crippen LogP contribution >= 0.6 is 0 Å². The van der Waals surface area contributed by atoms with E-state index >= 15 is 0 Å². The number of hydrogen-bond donors (Lipinski definition) is 1. The van der Waals surface area contributed by atoms with Crippen molar-refractivity contribution in [2.75, 3.05) is 13.7 Å². The summed E-state index contributed by atoms with van der Waals surface area (Å²) in [6.45, 7) is 2.12. The average Bonchev–Trinajstić information content (AvgIpc) is 2.76. The minimum Gasteiger partial charge on any atom is -0.466 e. The zero-order valence-corrected chi connectivity index (χ0v) is 15.2. The molecule has 4 unspecified atom stereocenters. The maximum Gasteiger partial charge on any atom is 0.330 e. The fourth-order valence-electron chi connectivity index (χ4n) is 5.84. The van der Waals surface area contributed by atoms with Crippen LogP contribution in [0.1, 0.15) is 49.7 Å². The summed E-state index contributed by atoms with van der Waals surface area (Å²) >= 11 is 0. The van der Waals surface area contributed by atoms with E-state index in [4.69, 9.17) is 0 Å². The van der Waals surface area contributed by atoms with Gasteiger partial charge in [-0.3, -0.25) is 0 Å². The minimum absolute atomic E-state index is 0.318. The molecule has 0 saturated heterocycles. The average molecular weight is 339 g/mol. The SMILES string of the molecule is COC(=O)/C=C/c1ccc(CNCC23CC4CCC2CC(C4)C3)cc1. The zero-order valence-electron chi connectivity index (χ0n) is 15.2. The molecular formula is C22H29NO2. The van der Waals surface area contributed by atoms with Gasteiger partial charge in [-0.25, -0.2) is 4.79 Å². The Labute approximate surface area is 150 Å². The Kier molecular flexibility index (Phi) is 4.68. The zero-order chi connectivity index (χ0) is 17.3. The third-order valence-corrected chi connectivity index (χ3v) is 6.86. The van der Waals surface area contributed by atoms with Crippen LogP contribution in [0.3, 0.4) is 0 Å². The smallest absolute Gasteiger partial charge is 0.330 e. The number of nitrogens with one attached hydrogen (secondary N) is 1. The number of benzene rings is 1. The van der Waals surface area contributed by atoms with Crippen LogP contribution in [0.2, 0.25) is 0 Å². The Balaban J connectivity index is 1.30. The van der Waals surface area contributed by atoms with E-state index in [1.54, 1.807) is 6.08 Å². The number of fused-ring (bicyclic) bond motifs is 2. The molecule has 134 valence electrons. The lowest BCUT2D eigenvalue weighted by Crippen LogP contribution is -2.43. The summed E-state index contributed by atoms with van der Waals surface area (Å²) in [4.78, 5) is 11.1. The van der Waals surface area contributed by atoms with E-state index in [1.807, 2.05) is 0 Å². The summed E-state index contributed by atoms with van der Waals surface area (Å²) < 4.78 is 4.62. The number of methoxy groups -OCH3 is 1. The van der Waals surface area contributed by atoms with Gasteiger partial charge in [-0.1, -0.05) is 30.7 Å². The normalized spacial score (nSPS) is 33.1. The van der Waals surface area contributed by atoms with Gasteiger partial charge in [0.25, 0.3) is 0 Å². The van der Waals surface area contributed by atoms with Gasteiger partial charge in [-0.2, -0.15) is 0 Å². The number of rotatable bonds is 6. The van der Waals surface area contributed by atoms with Gasteiger partial charge in [0.1, 0.15) is 0 Å². The summed E-state index contributed by atoms with van der Waals surface area (Å²) in [7, 11) is 1.39. The first-order chi connectivity index (χ1) is 12.2. The van der Waals surface area contributed by atoms with Crippen LogP contribution in [0.15, 0.2) is 30.3 Å². The van der Waals surface area contributed by atoms with E-state index in [9.17, 15) is 4.79 Å². The molecule has 3 saturated carbocycles. The first kappa shape index (κ1) is 16.8. The van der Waals surface area contributed by atoms with Gasteiger partial charge in [-0.05, 0) is 72.5 Å². The van der Waals surface area contributed by atoms with E-state index in [0.29, 0.717) is 5.41 Å². The Hall–Kier alpha value is -1.61. The van der Waals surface area contributed by atoms with Crippen LogP contribution < -0.4 is 5.32 Å². The largest absolute Gasteiger partial charge is 0.466 e. The van der Waals surface area contributed by atoms with E-state index in [2.05, 4.69) is 34.3 Å². The molecule has 3 aliphatic carbocycles. The quantitative estimate of drug-likeness (QED) is 0.624. The van der Waals surface area contributed by atoms with Gasteiger partial charge in [0.05, 0.1) is 7.11 Å². The number of esters is 1. The second-order valence-corrected chi connectivity index (χ2v) is 8.45. The molecule has 3 nitrogen and oxygen atoms in total. The summed E-state index contributed by atoms with van der Waals surface area (Å²) in [6, 6.07) is 8.41. The van der Waals surface area contributed by atoms with E-state index in [0.717, 1.165) is 29.9 Å². The molecule has 3 bridgehead atoms. The third-order valence-electron chi connectivity index (χ3n) is 6.86. The van der Waals surface area contributed by atoms with Crippen LogP contribution in [0.4, 0.5) is 0 Å². The summed E-state index contributed by atoms with van der Waals surface area (Å²) in [5, 5.41) is 3.76. The molecule has 1 aromatic carbocycles. The van der Waals surface area contributed by atoms with Gasteiger partial charge in [0.2, 0.25) is 0 Å². The summed E-state index contributed by atoms with van der Waals surface area (Å²) in [6.07, 6.45) is 12.2. The van der Waals surface area contributed by atoms with Crippen LogP contribution in [-0.2, 0) is 16.1 Å². The number of hydrogen-bond acceptors (Lipinski definition) is 3. The number of carbonyl (C=O) groups is 1. The molecule has 4 rings (SSSR count). The molecule has 1 N–H and O–H groups in total. The molecule has 3 heteroatoms. The van der Waals surface area contributed by atoms with E-state index in [-0.39, 0.29) is 5.97 Å². The molecule has 0 heterocycles. The Morgan fingerprint density at radius 1 is 1.20 bits per heavy atom. The Morgan fingerprint density at radius 3 is 2.80 bits per heavy atom. The van der Waals surface area contributed by atoms with Crippen molar-refractivity contribution in [1.29, 1.82) is 0 Å². The lowest BCUT2D eigenvalue weighted by atomic mass is 9.61. The van der Waals surface area contributed by atoms with Crippen molar-refractivity contribution in [3.05, 3.63) is 41.5 Å². The highest BCUT2D eigenvalue weighted by Gasteiger charge is 2.53. The highest BCUT2D eigenvalue weighted by molar-refractivity contribution is 5.86. The first-order valence-corrected chi connectivity index (χ1v) is 9.72. The molecule has 0 aliphatic heterocycles. The van der Waals surface area contributed by atoms with Crippen LogP contribution in [0, 0.1) is 23.2 Å². The number of carbonyl (C=O) groups excluding carboxylic acids is 1. The van der Waals surface area contributed by atoms with Crippen molar-refractivity contribution in [3.8, 4) is 0 Å². The third kappa shape index (κ3) is 3.52. The summed E-state index contributed by atoms with van der Waals surface area (Å²) in [5.41, 5.74) is 2.94. The Morgan fingerprint density at radius 2 is 2.00 bits per heavy atom. The van der Waals surface area contributed by atoms with Gasteiger partial charge in [-0.15, -0.1) is 0 Å². The second kappa shape index (κ2) is 6.95. The van der Waals surface area contributed by atoms with Crippen molar-refractivity contribution in [3.63, 3.8) is 0 Å². The fraction of sp³-hybridized carbons (Fsp3) is 0.591. The minimum atomic E-state index is -0.318. The topological polar surface area (TPSA) is 38.3 Å². The fourth-order valence-corrected chi connectivity index (χ4v) is 5.84. The van der Waals surface area contributed by atoms with Gasteiger partial charge < -0.3 is 10.1 Å². The lowest BCUT2D eigenvalue weighted by molar-refractivity contribution is -0.134. The molecule has 25 heavy (non-hydrogen) atoms. The summed E-state index contributed by atoms with van der Waals surface area (Å²) in [5.74, 6) is 2.70. The van der Waals surface area contributed by atoms with Crippen molar-refractivity contribution in [2.24, 2.45) is 23.2 Å². The molecule has 0 aromatic heterocycles. The van der Waals surface area contributed by atoms with E-state index < -0.39 is 0 Å². The first-order valence-electron chi connectivity index (χ1n) is 9.72. The predicted molar refractivity (Wildman–Crippen MR) is 99.8 cm³/mol. The predicted octanol–water partition coefficient (Wildman–Crippen LogP) is 4.18. The molecule has 3 fully saturated rings. The second-order valence-electron chi connectivity index (χ2n) is 8.45. The van der Waals surface area contributed by atoms with Crippen molar-refractivity contribution >= 4 is 12.0 Å². The molecule has 1 aromatic rings. The molecule has 0 spiro atoms. The number of ether oxygens (including phenoxy) is 1. The standard InChI is InChI=1S/C22H29NO2/c1-25-21(24)9-7-16-2-4-17(5-3-16)14-23-15-22-12-18-6-8-20(22)11-19(10-18)13-22/h2-5,7,9,18-20,23H,6,8,10-15H2,1H3/b9-7+.